The van der Waals surface area contributed by atoms with Crippen LogP contribution in [0.4, 0.5) is 5.13 Å². The molecule has 5 nitrogen and oxygen atoms in total. The van der Waals surface area contributed by atoms with Crippen LogP contribution in [0, 0.1) is 5.41 Å². The summed E-state index contributed by atoms with van der Waals surface area (Å²) in [6.07, 6.45) is 3.98. The number of benzene rings is 1. The summed E-state index contributed by atoms with van der Waals surface area (Å²) < 4.78 is 6.35. The monoisotopic (exact) mass is 359 g/mol. The van der Waals surface area contributed by atoms with Gasteiger partial charge in [0.1, 0.15) is 0 Å². The lowest BCUT2D eigenvalue weighted by Gasteiger charge is -2.39. The first-order valence-corrected chi connectivity index (χ1v) is 9.92. The molecule has 0 unspecified atom stereocenters. The van der Waals surface area contributed by atoms with Crippen molar-refractivity contribution >= 4 is 32.6 Å². The molecule has 0 aliphatic carbocycles. The van der Waals surface area contributed by atoms with Gasteiger partial charge in [-0.3, -0.25) is 4.79 Å². The number of piperidine rings is 1. The number of carbonyl (C=O) groups excluding carboxylic acids is 1. The van der Waals surface area contributed by atoms with Gasteiger partial charge in [-0.1, -0.05) is 23.5 Å². The fraction of sp³-hybridized carbons (Fsp3) is 0.579. The fourth-order valence-electron chi connectivity index (χ4n) is 4.17. The number of thiazole rings is 1. The van der Waals surface area contributed by atoms with Crippen molar-refractivity contribution in [2.75, 3.05) is 44.8 Å². The minimum absolute atomic E-state index is 0.205. The van der Waals surface area contributed by atoms with E-state index in [9.17, 15) is 4.79 Å². The average molecular weight is 359 g/mol. The first-order valence-electron chi connectivity index (χ1n) is 9.11. The van der Waals surface area contributed by atoms with E-state index in [1.807, 2.05) is 6.07 Å². The summed E-state index contributed by atoms with van der Waals surface area (Å²) in [6.45, 7) is 4.17. The third-order valence-corrected chi connectivity index (χ3v) is 6.60. The first-order chi connectivity index (χ1) is 12.2. The number of methoxy groups -OCH3 is 1. The van der Waals surface area contributed by atoms with Crippen molar-refractivity contribution < 1.29 is 9.53 Å². The molecule has 1 spiro atoms. The molecule has 1 aromatic carbocycles. The lowest BCUT2D eigenvalue weighted by molar-refractivity contribution is -0.145. The summed E-state index contributed by atoms with van der Waals surface area (Å²) in [6, 6.07) is 8.26. The number of para-hydroxylation sites is 1. The molecule has 0 saturated carbocycles. The number of amides is 1. The molecule has 2 aliphatic rings. The van der Waals surface area contributed by atoms with Gasteiger partial charge in [-0.25, -0.2) is 4.98 Å². The Bertz CT molecular complexity index is 729. The second kappa shape index (κ2) is 6.92. The molecule has 3 heterocycles. The third-order valence-electron chi connectivity index (χ3n) is 5.51. The van der Waals surface area contributed by atoms with Crippen molar-refractivity contribution in [3.8, 4) is 0 Å². The maximum Gasteiger partial charge on any atom is 0.230 e. The van der Waals surface area contributed by atoms with Crippen molar-refractivity contribution in [3.63, 3.8) is 0 Å². The van der Waals surface area contributed by atoms with Gasteiger partial charge >= 0.3 is 0 Å². The number of hydrogen-bond donors (Lipinski definition) is 0. The van der Waals surface area contributed by atoms with Crippen LogP contribution in [0.1, 0.15) is 25.7 Å². The average Bonchev–Trinajstić information content (AvgIpc) is 3.24. The van der Waals surface area contributed by atoms with Crippen LogP contribution in [-0.4, -0.2) is 55.7 Å². The fourth-order valence-corrected chi connectivity index (χ4v) is 5.17. The van der Waals surface area contributed by atoms with E-state index in [4.69, 9.17) is 9.72 Å². The summed E-state index contributed by atoms with van der Waals surface area (Å²) in [5.41, 5.74) is 0.850. The molecule has 4 rings (SSSR count). The maximum absolute atomic E-state index is 13.1. The lowest BCUT2D eigenvalue weighted by Crippen LogP contribution is -2.50. The lowest BCUT2D eigenvalue weighted by atomic mass is 9.78. The second-order valence-corrected chi connectivity index (χ2v) is 8.17. The van der Waals surface area contributed by atoms with E-state index in [1.54, 1.807) is 18.4 Å². The molecule has 1 atom stereocenters. The van der Waals surface area contributed by atoms with Crippen LogP contribution in [0.3, 0.4) is 0 Å². The molecule has 0 N–H and O–H groups in total. The van der Waals surface area contributed by atoms with Crippen molar-refractivity contribution in [1.82, 2.24) is 9.88 Å². The molecular weight excluding hydrogens is 334 g/mol. The molecule has 1 amide bonds. The van der Waals surface area contributed by atoms with Crippen LogP contribution in [0.25, 0.3) is 10.2 Å². The number of aromatic nitrogens is 1. The van der Waals surface area contributed by atoms with Gasteiger partial charge in [0.05, 0.1) is 15.6 Å². The largest absolute Gasteiger partial charge is 0.385 e. The van der Waals surface area contributed by atoms with E-state index in [-0.39, 0.29) is 5.41 Å². The van der Waals surface area contributed by atoms with Crippen LogP contribution in [0.2, 0.25) is 0 Å². The van der Waals surface area contributed by atoms with Gasteiger partial charge in [-0.2, -0.15) is 0 Å². The highest BCUT2D eigenvalue weighted by Gasteiger charge is 2.48. The van der Waals surface area contributed by atoms with Crippen molar-refractivity contribution in [2.45, 2.75) is 25.7 Å². The molecular formula is C19H25N3O2S. The number of nitrogens with zero attached hydrogens (tertiary/aromatic N) is 3. The normalized spacial score (nSPS) is 24.0. The van der Waals surface area contributed by atoms with E-state index < -0.39 is 0 Å². The van der Waals surface area contributed by atoms with E-state index in [0.717, 1.165) is 62.5 Å². The van der Waals surface area contributed by atoms with Gasteiger partial charge in [0.25, 0.3) is 0 Å². The number of rotatable bonds is 5. The van der Waals surface area contributed by atoms with E-state index in [0.29, 0.717) is 12.5 Å². The van der Waals surface area contributed by atoms with Crippen LogP contribution in [0.5, 0.6) is 0 Å². The number of fused-ring (bicyclic) bond motifs is 1. The summed E-state index contributed by atoms with van der Waals surface area (Å²) >= 11 is 1.73. The Labute approximate surface area is 152 Å². The van der Waals surface area contributed by atoms with E-state index in [2.05, 4.69) is 28.0 Å². The Morgan fingerprint density at radius 3 is 3.00 bits per heavy atom. The Kier molecular flexibility index (Phi) is 4.65. The first kappa shape index (κ1) is 16.8. The summed E-state index contributed by atoms with van der Waals surface area (Å²) in [5.74, 6) is 0.346. The zero-order valence-electron chi connectivity index (χ0n) is 14.7. The minimum atomic E-state index is -0.205. The summed E-state index contributed by atoms with van der Waals surface area (Å²) in [7, 11) is 1.71. The summed E-state index contributed by atoms with van der Waals surface area (Å²) in [5, 5.41) is 1.06. The maximum atomic E-state index is 13.1. The number of hydrogen-bond acceptors (Lipinski definition) is 5. The van der Waals surface area contributed by atoms with E-state index in [1.165, 1.54) is 4.70 Å². The van der Waals surface area contributed by atoms with Crippen molar-refractivity contribution in [1.29, 1.82) is 0 Å². The Hall–Kier alpha value is -1.66. The molecule has 134 valence electrons. The smallest absolute Gasteiger partial charge is 0.230 e. The van der Waals surface area contributed by atoms with Gasteiger partial charge in [0.15, 0.2) is 5.13 Å². The molecule has 2 aliphatic heterocycles. The second-order valence-electron chi connectivity index (χ2n) is 7.16. The number of carbonyl (C=O) groups is 1. The predicted molar refractivity (Wildman–Crippen MR) is 101 cm³/mol. The Morgan fingerprint density at radius 1 is 1.28 bits per heavy atom. The number of anilines is 1. The quantitative estimate of drug-likeness (QED) is 0.770. The molecule has 2 fully saturated rings. The van der Waals surface area contributed by atoms with Crippen molar-refractivity contribution in [3.05, 3.63) is 24.3 Å². The predicted octanol–water partition coefficient (Wildman–Crippen LogP) is 3.15. The van der Waals surface area contributed by atoms with Gasteiger partial charge in [0.2, 0.25) is 5.91 Å². The zero-order valence-corrected chi connectivity index (χ0v) is 15.6. The summed E-state index contributed by atoms with van der Waals surface area (Å²) in [4.78, 5) is 22.3. The highest BCUT2D eigenvalue weighted by Crippen LogP contribution is 2.43. The van der Waals surface area contributed by atoms with Gasteiger partial charge in [-0.05, 0) is 37.8 Å². The van der Waals surface area contributed by atoms with Crippen LogP contribution in [0.15, 0.2) is 24.3 Å². The van der Waals surface area contributed by atoms with Crippen molar-refractivity contribution in [2.24, 2.45) is 5.41 Å². The SMILES string of the molecule is COCCCN1CCC[C@]2(CCN(c3nc4ccccc4s3)C2)C1=O. The molecule has 6 heteroatoms. The van der Waals surface area contributed by atoms with Gasteiger partial charge in [0, 0.05) is 39.9 Å². The number of likely N-dealkylation sites (tertiary alicyclic amines) is 1. The molecule has 0 radical (unpaired) electrons. The topological polar surface area (TPSA) is 45.7 Å². The van der Waals surface area contributed by atoms with E-state index >= 15 is 0 Å². The minimum Gasteiger partial charge on any atom is -0.385 e. The zero-order chi connectivity index (χ0) is 17.3. The van der Waals surface area contributed by atoms with Crippen LogP contribution >= 0.6 is 11.3 Å². The Morgan fingerprint density at radius 2 is 2.16 bits per heavy atom. The standard InChI is InChI=1S/C19H25N3O2S/c1-24-13-5-11-21-10-4-8-19(17(21)23)9-12-22(14-19)18-20-15-6-2-3-7-16(15)25-18/h2-3,6-7H,4-5,8-14H2,1H3/t19-/m1/s1. The third kappa shape index (κ3) is 3.13. The van der Waals surface area contributed by atoms with Gasteiger partial charge in [-0.15, -0.1) is 0 Å². The molecule has 2 saturated heterocycles. The molecule has 25 heavy (non-hydrogen) atoms. The molecule has 0 bridgehead atoms. The molecule has 2 aromatic rings. The molecule has 1 aromatic heterocycles. The van der Waals surface area contributed by atoms with Crippen LogP contribution in [-0.2, 0) is 9.53 Å². The number of ether oxygens (including phenoxy) is 1. The highest BCUT2D eigenvalue weighted by atomic mass is 32.1. The highest BCUT2D eigenvalue weighted by molar-refractivity contribution is 7.22. The van der Waals surface area contributed by atoms with Gasteiger partial charge < -0.3 is 14.5 Å². The Balaban J connectivity index is 1.49. The van der Waals surface area contributed by atoms with Crippen LogP contribution < -0.4 is 4.90 Å².